The fourth-order valence-electron chi connectivity index (χ4n) is 5.17. The van der Waals surface area contributed by atoms with Gasteiger partial charge in [0.2, 0.25) is 0 Å². The van der Waals surface area contributed by atoms with Crippen LogP contribution in [0.3, 0.4) is 0 Å². The summed E-state index contributed by atoms with van der Waals surface area (Å²) < 4.78 is 29.5. The Morgan fingerprint density at radius 1 is 1.03 bits per heavy atom. The van der Waals surface area contributed by atoms with Crippen molar-refractivity contribution in [2.24, 2.45) is 7.05 Å². The van der Waals surface area contributed by atoms with Gasteiger partial charge in [-0.1, -0.05) is 6.07 Å². The molecular formula is C22H29N5NaO3S. The van der Waals surface area contributed by atoms with Gasteiger partial charge in [-0.2, -0.15) is 13.5 Å². The molecule has 2 heterocycles. The van der Waals surface area contributed by atoms with Crippen molar-refractivity contribution in [3.05, 3.63) is 40.1 Å². The van der Waals surface area contributed by atoms with Crippen molar-refractivity contribution in [3.8, 4) is 0 Å². The number of nitrogens with zero attached hydrogens (tertiary/aromatic N) is 3. The van der Waals surface area contributed by atoms with Gasteiger partial charge < -0.3 is 5.32 Å². The summed E-state index contributed by atoms with van der Waals surface area (Å²) in [7, 11) is -2.33. The van der Waals surface area contributed by atoms with Crippen LogP contribution in [0.5, 0.6) is 0 Å². The second-order valence-electron chi connectivity index (χ2n) is 8.89. The molecule has 0 saturated carbocycles. The molecule has 3 aliphatic rings. The number of carbonyl (C=O) groups excluding carboxylic acids is 1. The van der Waals surface area contributed by atoms with Crippen LogP contribution in [0.1, 0.15) is 60.2 Å². The first-order valence-electron chi connectivity index (χ1n) is 11.1. The van der Waals surface area contributed by atoms with Crippen molar-refractivity contribution in [1.82, 2.24) is 19.4 Å². The summed E-state index contributed by atoms with van der Waals surface area (Å²) in [6, 6.07) is 3.20. The molecule has 2 aliphatic carbocycles. The van der Waals surface area contributed by atoms with Gasteiger partial charge in [0.25, 0.3) is 10.0 Å². The molecule has 1 radical (unpaired) electrons. The van der Waals surface area contributed by atoms with Crippen LogP contribution in [-0.2, 0) is 42.8 Å². The van der Waals surface area contributed by atoms with Crippen LogP contribution >= 0.6 is 0 Å². The van der Waals surface area contributed by atoms with Gasteiger partial charge >= 0.3 is 6.03 Å². The van der Waals surface area contributed by atoms with Gasteiger partial charge in [0, 0.05) is 67.5 Å². The average Bonchev–Trinajstić information content (AvgIpc) is 3.38. The van der Waals surface area contributed by atoms with Gasteiger partial charge in [-0.15, -0.1) is 0 Å². The molecule has 2 aromatic rings. The fraction of sp³-hybridized carbons (Fsp3) is 0.545. The molecule has 1 aliphatic heterocycles. The predicted octanol–water partition coefficient (Wildman–Crippen LogP) is 2.29. The maximum atomic E-state index is 12.9. The van der Waals surface area contributed by atoms with Crippen LogP contribution in [0.15, 0.2) is 17.2 Å². The number of carbonyl (C=O) groups is 1. The van der Waals surface area contributed by atoms with Crippen LogP contribution in [0.25, 0.3) is 0 Å². The average molecular weight is 467 g/mol. The maximum Gasteiger partial charge on any atom is 0.333 e. The Balaban J connectivity index is 0.00000245. The molecule has 0 bridgehead atoms. The number of hydrogen-bond acceptors (Lipinski definition) is 5. The summed E-state index contributed by atoms with van der Waals surface area (Å²) in [6.07, 6.45) is 7.16. The molecule has 1 unspecified atom stereocenters. The Hall–Kier alpha value is -1.39. The maximum absolute atomic E-state index is 12.9. The molecule has 8 nitrogen and oxygen atoms in total. The van der Waals surface area contributed by atoms with Crippen molar-refractivity contribution < 1.29 is 13.2 Å². The Morgan fingerprint density at radius 2 is 1.66 bits per heavy atom. The van der Waals surface area contributed by atoms with E-state index in [0.717, 1.165) is 80.5 Å². The van der Waals surface area contributed by atoms with Crippen LogP contribution in [-0.4, -0.2) is 71.8 Å². The van der Waals surface area contributed by atoms with Crippen LogP contribution in [0, 0.1) is 0 Å². The third-order valence-electron chi connectivity index (χ3n) is 6.97. The Morgan fingerprint density at radius 3 is 2.22 bits per heavy atom. The number of aryl methyl sites for hydroxylation is 3. The molecule has 2 amide bonds. The number of amides is 2. The Bertz CT molecular complexity index is 1120. The minimum atomic E-state index is -4.07. The Kier molecular flexibility index (Phi) is 6.76. The van der Waals surface area contributed by atoms with Crippen LogP contribution in [0.2, 0.25) is 0 Å². The molecule has 10 heteroatoms. The summed E-state index contributed by atoms with van der Waals surface area (Å²) in [5, 5.41) is 6.93. The first kappa shape index (κ1) is 23.8. The normalized spacial score (nSPS) is 18.3. The standard InChI is InChI=1S/C22H29N5O3S.Na/c1-14(27-10-5-11-27)19-13-20(24-26(19)2)31(29,30)25-22(28)23-21-17-8-3-6-15(17)12-16-7-4-9-18(16)21;/h12-14H,3-11H2,1-2H3,(H2,23,25,28);. The minimum Gasteiger partial charge on any atom is -0.307 e. The molecule has 1 aromatic heterocycles. The van der Waals surface area contributed by atoms with Crippen LogP contribution < -0.4 is 10.0 Å². The first-order valence-corrected chi connectivity index (χ1v) is 12.6. The van der Waals surface area contributed by atoms with Gasteiger partial charge in [-0.25, -0.2) is 9.52 Å². The number of nitrogens with one attached hydrogen (secondary N) is 2. The molecule has 1 fully saturated rings. The SMILES string of the molecule is CC(c1cc(S(=O)(=O)NC(=O)Nc2c3c(cc4c2CCC4)CCC3)nn1C)N1CCC1.[Na]. The summed E-state index contributed by atoms with van der Waals surface area (Å²) in [5.41, 5.74) is 6.54. The number of likely N-dealkylation sites (tertiary alicyclic amines) is 1. The Labute approximate surface area is 211 Å². The monoisotopic (exact) mass is 466 g/mol. The van der Waals surface area contributed by atoms with Crippen molar-refractivity contribution in [3.63, 3.8) is 0 Å². The van der Waals surface area contributed by atoms with Gasteiger partial charge in [0.15, 0.2) is 5.03 Å². The van der Waals surface area contributed by atoms with Gasteiger partial charge in [-0.3, -0.25) is 9.58 Å². The second kappa shape index (κ2) is 9.10. The van der Waals surface area contributed by atoms with E-state index in [1.54, 1.807) is 17.8 Å². The summed E-state index contributed by atoms with van der Waals surface area (Å²) >= 11 is 0. The number of benzene rings is 1. The van der Waals surface area contributed by atoms with E-state index >= 15 is 0 Å². The van der Waals surface area contributed by atoms with Crippen LogP contribution in [0.4, 0.5) is 10.5 Å². The topological polar surface area (TPSA) is 96.3 Å². The number of rotatable bonds is 5. The number of aromatic nitrogens is 2. The molecule has 1 saturated heterocycles. The molecule has 32 heavy (non-hydrogen) atoms. The van der Waals surface area contributed by atoms with E-state index in [1.807, 2.05) is 6.92 Å². The molecule has 5 rings (SSSR count). The summed E-state index contributed by atoms with van der Waals surface area (Å²) in [5.74, 6) is 0. The number of anilines is 1. The second-order valence-corrected chi connectivity index (χ2v) is 10.5. The predicted molar refractivity (Wildman–Crippen MR) is 123 cm³/mol. The van der Waals surface area contributed by atoms with Gasteiger partial charge in [-0.05, 0) is 74.1 Å². The summed E-state index contributed by atoms with van der Waals surface area (Å²) in [6.45, 7) is 4.05. The third-order valence-corrected chi connectivity index (χ3v) is 8.18. The third kappa shape index (κ3) is 4.25. The van der Waals surface area contributed by atoms with E-state index < -0.39 is 16.1 Å². The zero-order chi connectivity index (χ0) is 21.8. The van der Waals surface area contributed by atoms with E-state index in [4.69, 9.17) is 0 Å². The van der Waals surface area contributed by atoms with Crippen molar-refractivity contribution in [1.29, 1.82) is 0 Å². The number of urea groups is 1. The zero-order valence-corrected chi connectivity index (χ0v) is 21.9. The molecule has 1 aromatic carbocycles. The van der Waals surface area contributed by atoms with E-state index in [9.17, 15) is 13.2 Å². The summed E-state index contributed by atoms with van der Waals surface area (Å²) in [4.78, 5) is 15.0. The van der Waals surface area contributed by atoms with E-state index in [-0.39, 0.29) is 40.6 Å². The van der Waals surface area contributed by atoms with Gasteiger partial charge in [0.05, 0.1) is 5.69 Å². The van der Waals surface area contributed by atoms with E-state index in [1.165, 1.54) is 11.1 Å². The van der Waals surface area contributed by atoms with Crippen molar-refractivity contribution in [2.45, 2.75) is 62.9 Å². The number of sulfonamides is 1. The number of fused-ring (bicyclic) bond motifs is 2. The molecule has 1 atom stereocenters. The first-order chi connectivity index (χ1) is 14.8. The van der Waals surface area contributed by atoms with Gasteiger partial charge in [0.1, 0.15) is 0 Å². The quantitative estimate of drug-likeness (QED) is 0.660. The minimum absolute atomic E-state index is 0. The van der Waals surface area contributed by atoms with Crippen molar-refractivity contribution >= 4 is 51.3 Å². The molecule has 0 spiro atoms. The van der Waals surface area contributed by atoms with Crippen molar-refractivity contribution in [2.75, 3.05) is 18.4 Å². The number of hydrogen-bond donors (Lipinski definition) is 2. The zero-order valence-electron chi connectivity index (χ0n) is 19.1. The van der Waals surface area contributed by atoms with E-state index in [0.29, 0.717) is 0 Å². The molecule has 2 N–H and O–H groups in total. The molecular weight excluding hydrogens is 437 g/mol. The van der Waals surface area contributed by atoms with E-state index in [2.05, 4.69) is 26.1 Å². The smallest absolute Gasteiger partial charge is 0.307 e. The largest absolute Gasteiger partial charge is 0.333 e. The molecule has 167 valence electrons. The fourth-order valence-corrected chi connectivity index (χ4v) is 6.08.